The molecule has 0 spiro atoms. The maximum atomic E-state index is 12.0. The molecule has 1 fully saturated rings. The molecule has 5 N–H and O–H groups in total. The van der Waals surface area contributed by atoms with E-state index in [9.17, 15) is 14.9 Å². The van der Waals surface area contributed by atoms with Crippen LogP contribution < -0.4 is 16.9 Å². The van der Waals surface area contributed by atoms with Gasteiger partial charge in [0, 0.05) is 26.2 Å². The maximum Gasteiger partial charge on any atom is 0.261 e. The number of hydrazone groups is 1. The summed E-state index contributed by atoms with van der Waals surface area (Å²) < 4.78 is 0. The van der Waals surface area contributed by atoms with E-state index in [1.165, 1.54) is 13.0 Å². The molecule has 0 bridgehead atoms. The summed E-state index contributed by atoms with van der Waals surface area (Å²) in [6, 6.07) is 2.00. The first-order chi connectivity index (χ1) is 11.3. The summed E-state index contributed by atoms with van der Waals surface area (Å²) in [5.41, 5.74) is 6.23. The third kappa shape index (κ3) is 4.71. The Morgan fingerprint density at radius 2 is 2.17 bits per heavy atom. The van der Waals surface area contributed by atoms with Crippen LogP contribution in [0.2, 0.25) is 0 Å². The van der Waals surface area contributed by atoms with Gasteiger partial charge in [0.15, 0.2) is 0 Å². The number of allylic oxidation sites excluding steroid dienone is 2. The van der Waals surface area contributed by atoms with Crippen molar-refractivity contribution in [3.63, 3.8) is 0 Å². The maximum absolute atomic E-state index is 12.0. The van der Waals surface area contributed by atoms with Crippen molar-refractivity contribution in [2.75, 3.05) is 13.1 Å². The first-order valence-electron chi connectivity index (χ1n) is 7.42. The molecule has 0 aromatic carbocycles. The van der Waals surface area contributed by atoms with E-state index in [-0.39, 0.29) is 16.9 Å². The second-order valence-electron chi connectivity index (χ2n) is 5.56. The van der Waals surface area contributed by atoms with Gasteiger partial charge in [-0.3, -0.25) is 14.9 Å². The van der Waals surface area contributed by atoms with Gasteiger partial charge in [0.2, 0.25) is 5.91 Å². The minimum atomic E-state index is -0.720. The first kappa shape index (κ1) is 19.0. The lowest BCUT2D eigenvalue weighted by atomic mass is 10.1. The number of nitrogens with one attached hydrogen (secondary N) is 1. The smallest absolute Gasteiger partial charge is 0.261 e. The molecule has 24 heavy (non-hydrogen) atoms. The van der Waals surface area contributed by atoms with Crippen LogP contribution in [0.3, 0.4) is 0 Å². The van der Waals surface area contributed by atoms with E-state index >= 15 is 0 Å². The summed E-state index contributed by atoms with van der Waals surface area (Å²) in [5, 5.41) is 14.9. The van der Waals surface area contributed by atoms with Gasteiger partial charge in [0.25, 0.3) is 5.91 Å². The quantitative estimate of drug-likeness (QED) is 0.163. The summed E-state index contributed by atoms with van der Waals surface area (Å²) >= 11 is 0. The Hall–Kier alpha value is -3.08. The Bertz CT molecular complexity index is 669. The molecule has 1 heterocycles. The molecule has 1 saturated heterocycles. The van der Waals surface area contributed by atoms with Crippen LogP contribution in [0.5, 0.6) is 0 Å². The van der Waals surface area contributed by atoms with Crippen LogP contribution in [-0.2, 0) is 9.59 Å². The number of nitriles is 1. The minimum Gasteiger partial charge on any atom is -0.404 e. The van der Waals surface area contributed by atoms with Crippen molar-refractivity contribution in [2.45, 2.75) is 20.3 Å². The number of amides is 2. The van der Waals surface area contributed by atoms with Gasteiger partial charge in [-0.2, -0.15) is 10.4 Å². The standard InChI is InChI=1S/C16H22N6O2/c1-10-4-5-22(9-10)15(11(2)7-17)6-14(21-19)13(8-18)16(24)20-12(3)23/h6,8,10H,2,4-5,9,18-19H2,1,3H3,(H,20,23,24)/b13-8-,15-6+,21-14+/t10-/m1/s1. The normalized spacial score (nSPS) is 19.0. The molecule has 1 aliphatic rings. The molecule has 0 saturated carbocycles. The van der Waals surface area contributed by atoms with Crippen LogP contribution in [0.4, 0.5) is 0 Å². The van der Waals surface area contributed by atoms with Gasteiger partial charge >= 0.3 is 0 Å². The lowest BCUT2D eigenvalue weighted by molar-refractivity contribution is -0.126. The molecule has 1 rings (SSSR count). The number of nitrogens with zero attached hydrogens (tertiary/aromatic N) is 3. The summed E-state index contributed by atoms with van der Waals surface area (Å²) in [7, 11) is 0. The third-order valence-corrected chi connectivity index (χ3v) is 3.60. The number of rotatable bonds is 5. The lowest BCUT2D eigenvalue weighted by Crippen LogP contribution is -2.33. The van der Waals surface area contributed by atoms with Gasteiger partial charge < -0.3 is 16.5 Å². The number of imide groups is 1. The largest absolute Gasteiger partial charge is 0.404 e. The van der Waals surface area contributed by atoms with Crippen molar-refractivity contribution in [3.8, 4) is 6.07 Å². The van der Waals surface area contributed by atoms with Gasteiger partial charge in [-0.25, -0.2) is 0 Å². The molecule has 0 radical (unpaired) electrons. The summed E-state index contributed by atoms with van der Waals surface area (Å²) in [5.74, 6) is 4.61. The van der Waals surface area contributed by atoms with Crippen molar-refractivity contribution >= 4 is 17.5 Å². The van der Waals surface area contributed by atoms with Gasteiger partial charge in [-0.1, -0.05) is 13.5 Å². The highest BCUT2D eigenvalue weighted by atomic mass is 16.2. The molecular formula is C16H22N6O2. The average molecular weight is 330 g/mol. The fourth-order valence-corrected chi connectivity index (χ4v) is 2.40. The van der Waals surface area contributed by atoms with Crippen molar-refractivity contribution < 1.29 is 9.59 Å². The van der Waals surface area contributed by atoms with Gasteiger partial charge in [-0.15, -0.1) is 0 Å². The van der Waals surface area contributed by atoms with Crippen molar-refractivity contribution in [1.29, 1.82) is 5.26 Å². The topological polar surface area (TPSA) is 138 Å². The van der Waals surface area contributed by atoms with E-state index in [0.29, 0.717) is 11.6 Å². The number of likely N-dealkylation sites (tertiary alicyclic amines) is 1. The Morgan fingerprint density at radius 3 is 2.58 bits per heavy atom. The third-order valence-electron chi connectivity index (χ3n) is 3.60. The Morgan fingerprint density at radius 1 is 1.50 bits per heavy atom. The fraction of sp³-hybridized carbons (Fsp3) is 0.375. The fourth-order valence-electron chi connectivity index (χ4n) is 2.40. The van der Waals surface area contributed by atoms with Gasteiger partial charge in [0.1, 0.15) is 6.07 Å². The predicted molar refractivity (Wildman–Crippen MR) is 90.9 cm³/mol. The number of carbonyl (C=O) groups is 2. The van der Waals surface area contributed by atoms with Crippen molar-refractivity contribution in [2.24, 2.45) is 22.6 Å². The zero-order valence-corrected chi connectivity index (χ0v) is 13.9. The second kappa shape index (κ2) is 8.53. The molecule has 0 aliphatic carbocycles. The summed E-state index contributed by atoms with van der Waals surface area (Å²) in [6.07, 6.45) is 3.48. The molecule has 8 nitrogen and oxygen atoms in total. The van der Waals surface area contributed by atoms with Crippen LogP contribution >= 0.6 is 0 Å². The molecule has 2 amide bonds. The van der Waals surface area contributed by atoms with Crippen molar-refractivity contribution in [3.05, 3.63) is 35.7 Å². The van der Waals surface area contributed by atoms with Gasteiger partial charge in [0.05, 0.1) is 22.6 Å². The number of hydrogen-bond acceptors (Lipinski definition) is 7. The number of nitrogens with two attached hydrogens (primary N) is 2. The highest BCUT2D eigenvalue weighted by molar-refractivity contribution is 6.27. The van der Waals surface area contributed by atoms with Crippen LogP contribution in [0.15, 0.2) is 40.8 Å². The SMILES string of the molecule is C=C(C#N)\C(=C/C(=N\N)C(=C/N)/C(=O)NC(C)=O)N1CC[C@@H](C)C1. The summed E-state index contributed by atoms with van der Waals surface area (Å²) in [4.78, 5) is 25.1. The zero-order valence-electron chi connectivity index (χ0n) is 13.9. The highest BCUT2D eigenvalue weighted by Crippen LogP contribution is 2.24. The number of carbonyl (C=O) groups excluding carboxylic acids is 2. The predicted octanol–water partition coefficient (Wildman–Crippen LogP) is 0.112. The lowest BCUT2D eigenvalue weighted by Gasteiger charge is -2.21. The van der Waals surface area contributed by atoms with Crippen LogP contribution in [0.1, 0.15) is 20.3 Å². The molecule has 8 heteroatoms. The molecule has 128 valence electrons. The second-order valence-corrected chi connectivity index (χ2v) is 5.56. The molecule has 1 aliphatic heterocycles. The minimum absolute atomic E-state index is 0.0576. The molecule has 0 aromatic rings. The van der Waals surface area contributed by atoms with E-state index in [2.05, 4.69) is 23.9 Å². The first-order valence-corrected chi connectivity index (χ1v) is 7.42. The van der Waals surface area contributed by atoms with E-state index in [0.717, 1.165) is 25.7 Å². The molecule has 1 atom stereocenters. The Labute approximate surface area is 141 Å². The average Bonchev–Trinajstić information content (AvgIpc) is 2.95. The number of hydrogen-bond donors (Lipinski definition) is 3. The zero-order chi connectivity index (χ0) is 18.3. The Kier molecular flexibility index (Phi) is 6.74. The van der Waals surface area contributed by atoms with E-state index < -0.39 is 11.8 Å². The molecule has 0 unspecified atom stereocenters. The van der Waals surface area contributed by atoms with E-state index in [1.54, 1.807) is 0 Å². The van der Waals surface area contributed by atoms with Crippen LogP contribution in [-0.4, -0.2) is 35.5 Å². The van der Waals surface area contributed by atoms with Crippen LogP contribution in [0.25, 0.3) is 0 Å². The monoisotopic (exact) mass is 330 g/mol. The Balaban J connectivity index is 3.21. The molecule has 0 aromatic heterocycles. The van der Waals surface area contributed by atoms with Gasteiger partial charge in [-0.05, 0) is 18.4 Å². The van der Waals surface area contributed by atoms with Crippen LogP contribution in [0, 0.1) is 17.2 Å². The summed E-state index contributed by atoms with van der Waals surface area (Å²) in [6.45, 7) is 8.56. The highest BCUT2D eigenvalue weighted by Gasteiger charge is 2.24. The molecular weight excluding hydrogens is 308 g/mol. The van der Waals surface area contributed by atoms with E-state index in [1.807, 2.05) is 11.0 Å². The van der Waals surface area contributed by atoms with E-state index in [4.69, 9.17) is 11.6 Å². The van der Waals surface area contributed by atoms with Crippen molar-refractivity contribution in [1.82, 2.24) is 10.2 Å².